The molecule has 0 aromatic heterocycles. The average molecular weight is 248 g/mol. The number of aliphatic hydroxyl groups excluding tert-OH is 1. The summed E-state index contributed by atoms with van der Waals surface area (Å²) in [7, 11) is 0. The first kappa shape index (κ1) is 13.0. The van der Waals surface area contributed by atoms with E-state index in [9.17, 15) is 9.50 Å². The monoisotopic (exact) mass is 248 g/mol. The quantitative estimate of drug-likeness (QED) is 0.888. The molecule has 2 atom stereocenters. The summed E-state index contributed by atoms with van der Waals surface area (Å²) in [6.45, 7) is 3.59. The summed E-state index contributed by atoms with van der Waals surface area (Å²) in [4.78, 5) is 2.11. The third-order valence-corrected chi connectivity index (χ3v) is 3.74. The highest BCUT2D eigenvalue weighted by Gasteiger charge is 2.30. The lowest BCUT2D eigenvalue weighted by Gasteiger charge is -2.25. The van der Waals surface area contributed by atoms with Crippen molar-refractivity contribution in [3.05, 3.63) is 35.1 Å². The molecular formula is C14H17FN2O. The maximum atomic E-state index is 13.8. The fourth-order valence-corrected chi connectivity index (χ4v) is 2.54. The molecule has 0 aliphatic carbocycles. The van der Waals surface area contributed by atoms with Crippen molar-refractivity contribution in [3.8, 4) is 6.07 Å². The van der Waals surface area contributed by atoms with Crippen LogP contribution in [-0.4, -0.2) is 29.2 Å². The fourth-order valence-electron chi connectivity index (χ4n) is 2.54. The van der Waals surface area contributed by atoms with Crippen LogP contribution in [0.3, 0.4) is 0 Å². The Bertz CT molecular complexity index is 469. The summed E-state index contributed by atoms with van der Waals surface area (Å²) in [6, 6.07) is 6.59. The van der Waals surface area contributed by atoms with Gasteiger partial charge in [0, 0.05) is 18.2 Å². The minimum atomic E-state index is -0.342. The molecule has 0 bridgehead atoms. The molecule has 0 saturated carbocycles. The number of nitrogens with zero attached hydrogens (tertiary/aromatic N) is 2. The van der Waals surface area contributed by atoms with Gasteiger partial charge in [-0.15, -0.1) is 0 Å². The summed E-state index contributed by atoms with van der Waals surface area (Å²) < 4.78 is 13.8. The zero-order chi connectivity index (χ0) is 13.1. The molecule has 1 aliphatic rings. The van der Waals surface area contributed by atoms with E-state index in [-0.39, 0.29) is 18.5 Å². The topological polar surface area (TPSA) is 47.3 Å². The van der Waals surface area contributed by atoms with Crippen molar-refractivity contribution >= 4 is 0 Å². The Morgan fingerprint density at radius 1 is 1.56 bits per heavy atom. The molecule has 18 heavy (non-hydrogen) atoms. The molecule has 1 fully saturated rings. The Morgan fingerprint density at radius 2 is 2.33 bits per heavy atom. The third kappa shape index (κ3) is 2.53. The van der Waals surface area contributed by atoms with Gasteiger partial charge in [-0.2, -0.15) is 5.26 Å². The number of benzene rings is 1. The van der Waals surface area contributed by atoms with Crippen LogP contribution in [0.2, 0.25) is 0 Å². The van der Waals surface area contributed by atoms with Crippen molar-refractivity contribution < 1.29 is 9.50 Å². The fraction of sp³-hybridized carbons (Fsp3) is 0.500. The molecule has 1 aromatic carbocycles. The van der Waals surface area contributed by atoms with Crippen molar-refractivity contribution in [2.75, 3.05) is 13.2 Å². The highest BCUT2D eigenvalue weighted by atomic mass is 19.1. The number of nitriles is 1. The van der Waals surface area contributed by atoms with Crippen LogP contribution >= 0.6 is 0 Å². The van der Waals surface area contributed by atoms with Crippen molar-refractivity contribution in [1.82, 2.24) is 4.90 Å². The smallest absolute Gasteiger partial charge is 0.129 e. The lowest BCUT2D eigenvalue weighted by molar-refractivity contribution is 0.133. The Labute approximate surface area is 106 Å². The molecule has 3 nitrogen and oxygen atoms in total. The van der Waals surface area contributed by atoms with E-state index >= 15 is 0 Å². The van der Waals surface area contributed by atoms with Gasteiger partial charge in [-0.25, -0.2) is 4.39 Å². The van der Waals surface area contributed by atoms with Gasteiger partial charge in [-0.1, -0.05) is 13.0 Å². The Morgan fingerprint density at radius 3 is 2.94 bits per heavy atom. The van der Waals surface area contributed by atoms with Gasteiger partial charge in [0.1, 0.15) is 5.82 Å². The molecule has 1 aliphatic heterocycles. The summed E-state index contributed by atoms with van der Waals surface area (Å²) >= 11 is 0. The molecule has 0 spiro atoms. The Kier molecular flexibility index (Phi) is 3.95. The molecule has 0 radical (unpaired) electrons. The first-order valence-corrected chi connectivity index (χ1v) is 6.19. The van der Waals surface area contributed by atoms with Crippen molar-refractivity contribution in [3.63, 3.8) is 0 Å². The van der Waals surface area contributed by atoms with Crippen molar-refractivity contribution in [1.29, 1.82) is 5.26 Å². The van der Waals surface area contributed by atoms with Crippen LogP contribution in [-0.2, 0) is 6.54 Å². The lowest BCUT2D eigenvalue weighted by atomic mass is 10.0. The van der Waals surface area contributed by atoms with Gasteiger partial charge >= 0.3 is 0 Å². The maximum Gasteiger partial charge on any atom is 0.129 e. The van der Waals surface area contributed by atoms with Crippen LogP contribution in [0.5, 0.6) is 0 Å². The highest BCUT2D eigenvalue weighted by Crippen LogP contribution is 2.26. The first-order chi connectivity index (χ1) is 8.65. The largest absolute Gasteiger partial charge is 0.395 e. The zero-order valence-corrected chi connectivity index (χ0v) is 10.4. The second-order valence-electron chi connectivity index (χ2n) is 4.90. The number of aliphatic hydroxyl groups is 1. The van der Waals surface area contributed by atoms with Gasteiger partial charge in [-0.3, -0.25) is 4.90 Å². The van der Waals surface area contributed by atoms with Gasteiger partial charge in [0.2, 0.25) is 0 Å². The summed E-state index contributed by atoms with van der Waals surface area (Å²) in [5, 5.41) is 18.0. The highest BCUT2D eigenvalue weighted by molar-refractivity contribution is 5.32. The SMILES string of the molecule is CC1CCN(Cc2ccc(C#N)cc2F)C1CO. The normalized spacial score (nSPS) is 24.1. The van der Waals surface area contributed by atoms with E-state index in [1.807, 2.05) is 6.07 Å². The van der Waals surface area contributed by atoms with E-state index in [0.29, 0.717) is 23.6 Å². The van der Waals surface area contributed by atoms with Gasteiger partial charge in [0.25, 0.3) is 0 Å². The number of halogens is 1. The van der Waals surface area contributed by atoms with Crippen molar-refractivity contribution in [2.24, 2.45) is 5.92 Å². The van der Waals surface area contributed by atoms with E-state index in [1.54, 1.807) is 12.1 Å². The van der Waals surface area contributed by atoms with E-state index in [0.717, 1.165) is 13.0 Å². The molecule has 2 rings (SSSR count). The number of rotatable bonds is 3. The molecule has 0 amide bonds. The Hall–Kier alpha value is -1.44. The van der Waals surface area contributed by atoms with Gasteiger partial charge in [0.15, 0.2) is 0 Å². The van der Waals surface area contributed by atoms with E-state index in [4.69, 9.17) is 5.26 Å². The van der Waals surface area contributed by atoms with Gasteiger partial charge in [0.05, 0.1) is 18.2 Å². The molecule has 1 saturated heterocycles. The summed E-state index contributed by atoms with van der Waals surface area (Å²) in [5.74, 6) is 0.0988. The van der Waals surface area contributed by atoms with Crippen LogP contribution < -0.4 is 0 Å². The zero-order valence-electron chi connectivity index (χ0n) is 10.4. The Balaban J connectivity index is 2.12. The maximum absolute atomic E-state index is 13.8. The molecule has 1 heterocycles. The van der Waals surface area contributed by atoms with Crippen LogP contribution in [0.4, 0.5) is 4.39 Å². The number of hydrogen-bond acceptors (Lipinski definition) is 3. The average Bonchev–Trinajstić information content (AvgIpc) is 2.72. The second kappa shape index (κ2) is 5.47. The molecular weight excluding hydrogens is 231 g/mol. The predicted molar refractivity (Wildman–Crippen MR) is 66.2 cm³/mol. The predicted octanol–water partition coefficient (Wildman–Crippen LogP) is 1.90. The van der Waals surface area contributed by atoms with Crippen LogP contribution in [0, 0.1) is 23.1 Å². The number of likely N-dealkylation sites (tertiary alicyclic amines) is 1. The molecule has 96 valence electrons. The molecule has 1 N–H and O–H groups in total. The van der Waals surface area contributed by atoms with Gasteiger partial charge < -0.3 is 5.11 Å². The van der Waals surface area contributed by atoms with Crippen molar-refractivity contribution in [2.45, 2.75) is 25.9 Å². The minimum absolute atomic E-state index is 0.110. The second-order valence-corrected chi connectivity index (χ2v) is 4.90. The summed E-state index contributed by atoms with van der Waals surface area (Å²) in [5.41, 5.74) is 0.922. The third-order valence-electron chi connectivity index (χ3n) is 3.74. The van der Waals surface area contributed by atoms with E-state index < -0.39 is 0 Å². The summed E-state index contributed by atoms with van der Waals surface area (Å²) in [6.07, 6.45) is 1.03. The van der Waals surface area contributed by atoms with Crippen LogP contribution in [0.25, 0.3) is 0 Å². The van der Waals surface area contributed by atoms with Crippen LogP contribution in [0.1, 0.15) is 24.5 Å². The standard InChI is InChI=1S/C14H17FN2O/c1-10-4-5-17(14(10)9-18)8-12-3-2-11(7-16)6-13(12)15/h2-3,6,10,14,18H,4-5,8-9H2,1H3. The minimum Gasteiger partial charge on any atom is -0.395 e. The molecule has 4 heteroatoms. The molecule has 1 aromatic rings. The van der Waals surface area contributed by atoms with Crippen LogP contribution in [0.15, 0.2) is 18.2 Å². The van der Waals surface area contributed by atoms with E-state index in [1.165, 1.54) is 6.07 Å². The lowest BCUT2D eigenvalue weighted by Crippen LogP contribution is -2.34. The van der Waals surface area contributed by atoms with Gasteiger partial charge in [-0.05, 0) is 31.0 Å². The van der Waals surface area contributed by atoms with E-state index in [2.05, 4.69) is 11.8 Å². The number of hydrogen-bond donors (Lipinski definition) is 1. The first-order valence-electron chi connectivity index (χ1n) is 6.19. The molecule has 2 unspecified atom stereocenters.